The number of hydrogen-bond acceptors (Lipinski definition) is 2. The molecule has 0 amide bonds. The molecular formula is C23H28N4S. The lowest BCUT2D eigenvalue weighted by molar-refractivity contribution is 0.659. The summed E-state index contributed by atoms with van der Waals surface area (Å²) in [5, 5.41) is 11.8. The Hall–Kier alpha value is -2.66. The van der Waals surface area contributed by atoms with Crippen LogP contribution < -0.4 is 10.6 Å². The average Bonchev–Trinajstić information content (AvgIpc) is 2.91. The number of aromatic nitrogens is 2. The lowest BCUT2D eigenvalue weighted by Gasteiger charge is -2.12. The van der Waals surface area contributed by atoms with Crippen molar-refractivity contribution in [2.75, 3.05) is 10.6 Å². The van der Waals surface area contributed by atoms with Gasteiger partial charge in [-0.1, -0.05) is 55.8 Å². The number of nitrogens with one attached hydrogen (secondary N) is 2. The number of aryl methyl sites for hydroxylation is 2. The Morgan fingerprint density at radius 2 is 1.61 bits per heavy atom. The second-order valence-electron chi connectivity index (χ2n) is 7.54. The van der Waals surface area contributed by atoms with Crippen LogP contribution >= 0.6 is 12.2 Å². The van der Waals surface area contributed by atoms with Gasteiger partial charge in [-0.3, -0.25) is 4.68 Å². The molecule has 0 radical (unpaired) electrons. The summed E-state index contributed by atoms with van der Waals surface area (Å²) >= 11 is 5.52. The first-order valence-corrected chi connectivity index (χ1v) is 10.0. The van der Waals surface area contributed by atoms with Crippen LogP contribution in [0.1, 0.15) is 47.8 Å². The molecule has 0 atom stereocenters. The first-order valence-electron chi connectivity index (χ1n) is 9.61. The highest BCUT2D eigenvalue weighted by Gasteiger charge is 2.13. The normalized spacial score (nSPS) is 10.9. The molecule has 3 aromatic rings. The van der Waals surface area contributed by atoms with E-state index in [1.54, 1.807) is 0 Å². The fourth-order valence-electron chi connectivity index (χ4n) is 3.13. The Balaban J connectivity index is 1.69. The first kappa shape index (κ1) is 20.1. The SMILES string of the molecule is Cc1ccc(Cn2nc(C)c(NC(=S)Nc3ccc(C(C)C)cc3)c2C)cc1. The minimum Gasteiger partial charge on any atom is -0.332 e. The molecule has 0 aliphatic rings. The van der Waals surface area contributed by atoms with Gasteiger partial charge in [-0.15, -0.1) is 0 Å². The molecule has 146 valence electrons. The van der Waals surface area contributed by atoms with Crippen LogP contribution in [0.15, 0.2) is 48.5 Å². The van der Waals surface area contributed by atoms with Gasteiger partial charge in [-0.25, -0.2) is 0 Å². The van der Waals surface area contributed by atoms with Gasteiger partial charge in [0.15, 0.2) is 5.11 Å². The monoisotopic (exact) mass is 392 g/mol. The van der Waals surface area contributed by atoms with E-state index in [-0.39, 0.29) is 0 Å². The maximum Gasteiger partial charge on any atom is 0.175 e. The minimum atomic E-state index is 0.517. The second kappa shape index (κ2) is 8.57. The van der Waals surface area contributed by atoms with Crippen molar-refractivity contribution in [2.45, 2.75) is 47.1 Å². The molecule has 0 unspecified atom stereocenters. The van der Waals surface area contributed by atoms with Gasteiger partial charge < -0.3 is 10.6 Å². The zero-order valence-corrected chi connectivity index (χ0v) is 18.0. The standard InChI is InChI=1S/C23H28N4S/c1-15(2)20-10-12-21(13-11-20)24-23(28)25-22-17(4)26-27(18(22)5)14-19-8-6-16(3)7-9-19/h6-13,15H,14H2,1-5H3,(H2,24,25,28). The molecule has 0 saturated carbocycles. The van der Waals surface area contributed by atoms with E-state index in [1.165, 1.54) is 16.7 Å². The molecule has 0 fully saturated rings. The number of nitrogens with zero attached hydrogens (tertiary/aromatic N) is 2. The number of hydrogen-bond donors (Lipinski definition) is 2. The van der Waals surface area contributed by atoms with Gasteiger partial charge in [0.2, 0.25) is 0 Å². The van der Waals surface area contributed by atoms with E-state index in [1.807, 2.05) is 11.6 Å². The summed E-state index contributed by atoms with van der Waals surface area (Å²) in [6.07, 6.45) is 0. The third-order valence-electron chi connectivity index (χ3n) is 4.91. The predicted octanol–water partition coefficient (Wildman–Crippen LogP) is 5.79. The topological polar surface area (TPSA) is 41.9 Å². The number of thiocarbonyl (C=S) groups is 1. The molecule has 1 aromatic heterocycles. The van der Waals surface area contributed by atoms with Crippen LogP contribution in [-0.2, 0) is 6.54 Å². The molecule has 0 bridgehead atoms. The summed E-state index contributed by atoms with van der Waals surface area (Å²) in [6.45, 7) is 11.3. The quantitative estimate of drug-likeness (QED) is 0.539. The van der Waals surface area contributed by atoms with Gasteiger partial charge in [0.25, 0.3) is 0 Å². The van der Waals surface area contributed by atoms with E-state index in [0.717, 1.165) is 29.3 Å². The molecule has 2 N–H and O–H groups in total. The molecule has 4 nitrogen and oxygen atoms in total. The molecule has 0 saturated heterocycles. The maximum atomic E-state index is 5.52. The smallest absolute Gasteiger partial charge is 0.175 e. The Morgan fingerprint density at radius 1 is 0.964 bits per heavy atom. The summed E-state index contributed by atoms with van der Waals surface area (Å²) in [4.78, 5) is 0. The van der Waals surface area contributed by atoms with Crippen molar-refractivity contribution < 1.29 is 0 Å². The highest BCUT2D eigenvalue weighted by atomic mass is 32.1. The predicted molar refractivity (Wildman–Crippen MR) is 122 cm³/mol. The Kier molecular flexibility index (Phi) is 6.15. The van der Waals surface area contributed by atoms with Crippen LogP contribution in [0.2, 0.25) is 0 Å². The lowest BCUT2D eigenvalue weighted by Crippen LogP contribution is -2.20. The summed E-state index contributed by atoms with van der Waals surface area (Å²) < 4.78 is 2.02. The Morgan fingerprint density at radius 3 is 2.21 bits per heavy atom. The third-order valence-corrected chi connectivity index (χ3v) is 5.11. The van der Waals surface area contributed by atoms with Crippen LogP contribution in [0, 0.1) is 20.8 Å². The van der Waals surface area contributed by atoms with E-state index in [4.69, 9.17) is 12.2 Å². The lowest BCUT2D eigenvalue weighted by atomic mass is 10.0. The Labute approximate surface area is 173 Å². The number of anilines is 2. The fraction of sp³-hybridized carbons (Fsp3) is 0.304. The zero-order chi connectivity index (χ0) is 20.3. The summed E-state index contributed by atoms with van der Waals surface area (Å²) in [6, 6.07) is 16.9. The third kappa shape index (κ3) is 4.78. The largest absolute Gasteiger partial charge is 0.332 e. The van der Waals surface area contributed by atoms with Gasteiger partial charge in [-0.05, 0) is 62.2 Å². The van der Waals surface area contributed by atoms with Crippen LogP contribution in [0.25, 0.3) is 0 Å². The highest BCUT2D eigenvalue weighted by molar-refractivity contribution is 7.80. The van der Waals surface area contributed by atoms with Crippen molar-refractivity contribution in [3.8, 4) is 0 Å². The average molecular weight is 393 g/mol. The van der Waals surface area contributed by atoms with Gasteiger partial charge in [0, 0.05) is 5.69 Å². The van der Waals surface area contributed by atoms with Crippen LogP contribution in [0.3, 0.4) is 0 Å². The zero-order valence-electron chi connectivity index (χ0n) is 17.2. The van der Waals surface area contributed by atoms with Crippen molar-refractivity contribution in [1.29, 1.82) is 0 Å². The second-order valence-corrected chi connectivity index (χ2v) is 7.95. The van der Waals surface area contributed by atoms with E-state index >= 15 is 0 Å². The molecule has 3 rings (SSSR count). The molecule has 0 aliphatic carbocycles. The van der Waals surface area contributed by atoms with E-state index < -0.39 is 0 Å². The van der Waals surface area contributed by atoms with Crippen LogP contribution in [-0.4, -0.2) is 14.9 Å². The molecule has 0 spiro atoms. The van der Waals surface area contributed by atoms with Gasteiger partial charge in [0.05, 0.1) is 23.6 Å². The van der Waals surface area contributed by atoms with Crippen LogP contribution in [0.5, 0.6) is 0 Å². The molecule has 28 heavy (non-hydrogen) atoms. The summed E-state index contributed by atoms with van der Waals surface area (Å²) in [7, 11) is 0. The maximum absolute atomic E-state index is 5.52. The highest BCUT2D eigenvalue weighted by Crippen LogP contribution is 2.22. The van der Waals surface area contributed by atoms with E-state index in [0.29, 0.717) is 11.0 Å². The van der Waals surface area contributed by atoms with Crippen molar-refractivity contribution in [1.82, 2.24) is 9.78 Å². The van der Waals surface area contributed by atoms with Gasteiger partial charge in [0.1, 0.15) is 0 Å². The van der Waals surface area contributed by atoms with Gasteiger partial charge in [-0.2, -0.15) is 5.10 Å². The number of rotatable bonds is 5. The minimum absolute atomic E-state index is 0.517. The fourth-order valence-corrected chi connectivity index (χ4v) is 3.35. The van der Waals surface area contributed by atoms with E-state index in [9.17, 15) is 0 Å². The summed E-state index contributed by atoms with van der Waals surface area (Å²) in [5.41, 5.74) is 7.74. The first-order chi connectivity index (χ1) is 13.3. The molecule has 1 heterocycles. The van der Waals surface area contributed by atoms with Crippen molar-refractivity contribution >= 4 is 28.7 Å². The molecule has 0 aliphatic heterocycles. The molecular weight excluding hydrogens is 364 g/mol. The van der Waals surface area contributed by atoms with Crippen molar-refractivity contribution in [3.63, 3.8) is 0 Å². The van der Waals surface area contributed by atoms with Crippen molar-refractivity contribution in [2.24, 2.45) is 0 Å². The number of benzene rings is 2. The summed E-state index contributed by atoms with van der Waals surface area (Å²) in [5.74, 6) is 0.517. The van der Waals surface area contributed by atoms with Crippen LogP contribution in [0.4, 0.5) is 11.4 Å². The molecule has 5 heteroatoms. The van der Waals surface area contributed by atoms with Crippen molar-refractivity contribution in [3.05, 3.63) is 76.6 Å². The Bertz CT molecular complexity index is 954. The molecule has 2 aromatic carbocycles. The van der Waals surface area contributed by atoms with Gasteiger partial charge >= 0.3 is 0 Å². The van der Waals surface area contributed by atoms with E-state index in [2.05, 4.69) is 92.0 Å².